The molecular weight excluding hydrogens is 1450 g/mol. The highest BCUT2D eigenvalue weighted by Gasteiger charge is 2.38. The molecule has 20 unspecified atom stereocenters. The van der Waals surface area contributed by atoms with Gasteiger partial charge in [0.05, 0.1) is 13.2 Å². The van der Waals surface area contributed by atoms with E-state index in [1.165, 1.54) is 257 Å². The first-order valence-corrected chi connectivity index (χ1v) is 47.9. The highest BCUT2D eigenvalue weighted by atomic mass is 35.5. The lowest BCUT2D eigenvalue weighted by atomic mass is 9.79. The van der Waals surface area contributed by atoms with Crippen molar-refractivity contribution in [2.45, 2.75) is 406 Å². The Morgan fingerprint density at radius 2 is 0.518 bits per heavy atom. The molecule has 3 fully saturated rings. The van der Waals surface area contributed by atoms with Gasteiger partial charge in [0.1, 0.15) is 25.4 Å². The molecule has 0 N–H and O–H groups in total. The van der Waals surface area contributed by atoms with Crippen LogP contribution in [0.1, 0.15) is 393 Å². The maximum Gasteiger partial charge on any atom is 0.322 e. The van der Waals surface area contributed by atoms with Gasteiger partial charge in [0.25, 0.3) is 0 Å². The summed E-state index contributed by atoms with van der Waals surface area (Å²) in [6.45, 7) is 44.1. The van der Waals surface area contributed by atoms with E-state index in [1.807, 2.05) is 0 Å². The third kappa shape index (κ3) is 46.1. The zero-order valence-corrected chi connectivity index (χ0v) is 76.8. The van der Waals surface area contributed by atoms with Crippen molar-refractivity contribution in [3.05, 3.63) is 21.1 Å². The van der Waals surface area contributed by atoms with Crippen LogP contribution in [0.15, 0.2) is 0 Å². The van der Waals surface area contributed by atoms with Crippen molar-refractivity contribution in [1.29, 1.82) is 0 Å². The van der Waals surface area contributed by atoms with Crippen molar-refractivity contribution in [3.63, 3.8) is 0 Å². The summed E-state index contributed by atoms with van der Waals surface area (Å²) < 4.78 is 37.6. The second-order valence-electron chi connectivity index (χ2n) is 39.5. The smallest absolute Gasteiger partial charge is 0.322 e. The third-order valence-electron chi connectivity index (χ3n) is 27.7. The standard InChI is InChI=1S/C94H170Cl4N6O6/c1-69-27-17-29-71(3)33-21-37-77(9)53-61-107-85(67-109-91-101-87(95)99-88(96)102-91)65-105-59-51-79(11)42-26-56-94(16)58-50-84(64-94)82(14)44-24-40-76(8)48-46-74(6)36-20-32-70(2)28-18-30-72(4)34-22-38-78(10)54-62-108-86(68-110-92-103-89(97)100-90(98)104-92)66-106-60-52-80(12)41-25-55-93(15)57-49-83(63-93)81(13)43-23-39-75(7)47-45-73(5)35-19-31-69/h69-86H,17-68H2,1-16H3. The van der Waals surface area contributed by atoms with Crippen LogP contribution in [0.5, 0.6) is 12.0 Å². The Morgan fingerprint density at radius 3 is 0.800 bits per heavy atom. The molecule has 0 spiro atoms. The fourth-order valence-corrected chi connectivity index (χ4v) is 19.7. The van der Waals surface area contributed by atoms with Crippen molar-refractivity contribution in [2.75, 3.05) is 52.9 Å². The zero-order chi connectivity index (χ0) is 80.1. The van der Waals surface area contributed by atoms with Crippen LogP contribution in [-0.4, -0.2) is 95.0 Å². The molecule has 2 aliphatic carbocycles. The Hall–Kier alpha value is -1.38. The summed E-state index contributed by atoms with van der Waals surface area (Å²) >= 11 is 24.4. The lowest BCUT2D eigenvalue weighted by molar-refractivity contribution is -0.0437. The van der Waals surface area contributed by atoms with E-state index in [4.69, 9.17) is 74.8 Å². The van der Waals surface area contributed by atoms with E-state index in [1.54, 1.807) is 0 Å². The van der Waals surface area contributed by atoms with Crippen molar-refractivity contribution in [2.24, 2.45) is 106 Å². The molecule has 20 atom stereocenters. The molecule has 4 bridgehead atoms. The second kappa shape index (κ2) is 56.9. The first-order valence-electron chi connectivity index (χ1n) is 46.4. The Bertz CT molecular complexity index is 2420. The molecule has 1 aliphatic heterocycles. The predicted octanol–water partition coefficient (Wildman–Crippen LogP) is 29.3. The number of aromatic nitrogens is 6. The fraction of sp³-hybridized carbons (Fsp3) is 0.936. The SMILES string of the molecule is CC1CCCC(C)CCCC(C)CCC(C)CCCC(C)C2CCC(C)(CCCC(C)CCOCC(COc3nc(Cl)nc(Cl)n3)OCCC(C)CCCC(C)CCCC(C)CCCC(C)CCC(C)CCCC(C)C3CCC(C)(CCCC(C)CCOCC(COc4nc(Cl)nc(Cl)n4)OCCC(C)CCC1)C3)C2. The third-order valence-corrected chi connectivity index (χ3v) is 28.3. The summed E-state index contributed by atoms with van der Waals surface area (Å²) in [7, 11) is 0. The molecule has 12 nitrogen and oxygen atoms in total. The van der Waals surface area contributed by atoms with Crippen molar-refractivity contribution < 1.29 is 28.4 Å². The summed E-state index contributed by atoms with van der Waals surface area (Å²) in [4.78, 5) is 24.3. The minimum atomic E-state index is -0.252. The lowest BCUT2D eigenvalue weighted by Gasteiger charge is -2.27. The highest BCUT2D eigenvalue weighted by Crippen LogP contribution is 2.50. The fourth-order valence-electron chi connectivity index (χ4n) is 19.0. The molecule has 0 aromatic carbocycles. The molecule has 0 amide bonds. The summed E-state index contributed by atoms with van der Waals surface area (Å²) in [6.07, 6.45) is 57.8. The van der Waals surface area contributed by atoms with Crippen LogP contribution in [0.2, 0.25) is 21.1 Å². The van der Waals surface area contributed by atoms with Crippen molar-refractivity contribution in [3.8, 4) is 12.0 Å². The topological polar surface area (TPSA) is 133 Å². The van der Waals surface area contributed by atoms with Gasteiger partial charge in [-0.3, -0.25) is 0 Å². The van der Waals surface area contributed by atoms with E-state index in [2.05, 4.69) is 141 Å². The summed E-state index contributed by atoms with van der Waals surface area (Å²) in [6, 6.07) is 0.219. The normalized spacial score (nSPS) is 35.3. The summed E-state index contributed by atoms with van der Waals surface area (Å²) in [5, 5.41) is 0.0579. The number of halogens is 4. The monoisotopic (exact) mass is 1620 g/mol. The molecule has 1 saturated heterocycles. The predicted molar refractivity (Wildman–Crippen MR) is 466 cm³/mol. The molecule has 2 saturated carbocycles. The van der Waals surface area contributed by atoms with E-state index < -0.39 is 0 Å². The molecule has 5 rings (SSSR count). The average Bonchev–Trinajstić information content (AvgIpc) is 1.69. The summed E-state index contributed by atoms with van der Waals surface area (Å²) in [5.41, 5.74) is 0.977. The summed E-state index contributed by atoms with van der Waals surface area (Å²) in [5.74, 6) is 12.4. The number of fused-ring (bicyclic) bond motifs is 4. The molecule has 3 aliphatic rings. The van der Waals surface area contributed by atoms with E-state index >= 15 is 0 Å². The minimum absolute atomic E-state index is 0.0145. The highest BCUT2D eigenvalue weighted by molar-refractivity contribution is 6.31. The van der Waals surface area contributed by atoms with Crippen molar-refractivity contribution in [1.82, 2.24) is 29.9 Å². The maximum atomic E-state index is 6.49. The molecular formula is C94H170Cl4N6O6. The van der Waals surface area contributed by atoms with Gasteiger partial charge in [-0.15, -0.1) is 0 Å². The van der Waals surface area contributed by atoms with Crippen LogP contribution >= 0.6 is 46.4 Å². The number of nitrogens with zero attached hydrogens (tertiary/aromatic N) is 6. The number of hydrogen-bond donors (Lipinski definition) is 0. The van der Waals surface area contributed by atoms with Crippen LogP contribution in [-0.2, 0) is 18.9 Å². The Balaban J connectivity index is 1.04. The van der Waals surface area contributed by atoms with Gasteiger partial charge in [-0.25, -0.2) is 0 Å². The lowest BCUT2D eigenvalue weighted by Crippen LogP contribution is -2.29. The number of rotatable bonds is 6. The van der Waals surface area contributed by atoms with Gasteiger partial charge >= 0.3 is 12.0 Å². The Morgan fingerprint density at radius 1 is 0.282 bits per heavy atom. The number of ether oxygens (including phenoxy) is 6. The molecule has 3 heterocycles. The van der Waals surface area contributed by atoms with Gasteiger partial charge in [0.2, 0.25) is 21.1 Å². The van der Waals surface area contributed by atoms with Crippen LogP contribution in [0, 0.1) is 106 Å². The second-order valence-corrected chi connectivity index (χ2v) is 40.8. The van der Waals surface area contributed by atoms with E-state index in [-0.39, 0.29) is 58.6 Å². The molecule has 110 heavy (non-hydrogen) atoms. The van der Waals surface area contributed by atoms with Gasteiger partial charge < -0.3 is 28.4 Å². The molecule has 16 heteroatoms. The molecule has 2 aromatic rings. The van der Waals surface area contributed by atoms with Gasteiger partial charge in [0, 0.05) is 26.4 Å². The number of hydrogen-bond acceptors (Lipinski definition) is 12. The van der Waals surface area contributed by atoms with E-state index in [9.17, 15) is 0 Å². The van der Waals surface area contributed by atoms with E-state index in [0.717, 1.165) is 96.7 Å². The van der Waals surface area contributed by atoms with Gasteiger partial charge in [-0.05, 0) is 229 Å². The Kier molecular flexibility index (Phi) is 51.3. The molecule has 0 radical (unpaired) electrons. The van der Waals surface area contributed by atoms with Gasteiger partial charge in [0.15, 0.2) is 0 Å². The quantitative estimate of drug-likeness (QED) is 0.273. The maximum absolute atomic E-state index is 6.49. The van der Waals surface area contributed by atoms with Crippen LogP contribution in [0.4, 0.5) is 0 Å². The van der Waals surface area contributed by atoms with Crippen molar-refractivity contribution >= 4 is 46.4 Å². The largest absolute Gasteiger partial charge is 0.460 e. The zero-order valence-electron chi connectivity index (χ0n) is 73.8. The first-order chi connectivity index (χ1) is 52.6. The van der Waals surface area contributed by atoms with Gasteiger partial charge in [-0.2, -0.15) is 29.9 Å². The first kappa shape index (κ1) is 99.2. The van der Waals surface area contributed by atoms with Crippen LogP contribution in [0.25, 0.3) is 0 Å². The average molecular weight is 1620 g/mol. The van der Waals surface area contributed by atoms with Gasteiger partial charge in [-0.1, -0.05) is 316 Å². The van der Waals surface area contributed by atoms with E-state index in [0.29, 0.717) is 74.1 Å². The molecule has 640 valence electrons. The Labute approximate surface area is 697 Å². The molecule has 2 aromatic heterocycles. The minimum Gasteiger partial charge on any atom is -0.460 e. The van der Waals surface area contributed by atoms with Crippen LogP contribution < -0.4 is 9.47 Å². The van der Waals surface area contributed by atoms with Crippen LogP contribution in [0.3, 0.4) is 0 Å².